The Bertz CT molecular complexity index is 1190. The summed E-state index contributed by atoms with van der Waals surface area (Å²) in [5.74, 6) is 2.77. The molecule has 0 aromatic carbocycles. The van der Waals surface area contributed by atoms with Crippen LogP contribution in [0.4, 0.5) is 5.82 Å². The molecule has 8 heteroatoms. The van der Waals surface area contributed by atoms with Crippen LogP contribution in [0.1, 0.15) is 29.5 Å². The number of furan rings is 1. The molecule has 1 saturated heterocycles. The predicted octanol–water partition coefficient (Wildman–Crippen LogP) is 4.85. The molecule has 1 atom stereocenters. The van der Waals surface area contributed by atoms with Crippen LogP contribution in [0.2, 0.25) is 0 Å². The first kappa shape index (κ1) is 19.4. The largest absolute Gasteiger partial charge is 0.462 e. The Balaban J connectivity index is 1.16. The average molecular weight is 452 g/mol. The SMILES string of the molecule is C[C@H]1CCc2c(sc3ncnc(N4CCN(Cc5csc(-c6ccco6)n5)CC4)c23)C1. The molecule has 1 aliphatic heterocycles. The Morgan fingerprint density at radius 2 is 2.10 bits per heavy atom. The van der Waals surface area contributed by atoms with E-state index in [-0.39, 0.29) is 0 Å². The normalized spacial score (nSPS) is 19.8. The van der Waals surface area contributed by atoms with Crippen molar-refractivity contribution in [3.8, 4) is 10.8 Å². The van der Waals surface area contributed by atoms with Crippen molar-refractivity contribution in [1.29, 1.82) is 0 Å². The minimum atomic E-state index is 0.777. The molecule has 160 valence electrons. The van der Waals surface area contributed by atoms with Gasteiger partial charge in [0.15, 0.2) is 10.8 Å². The summed E-state index contributed by atoms with van der Waals surface area (Å²) >= 11 is 3.53. The molecule has 0 unspecified atom stereocenters. The van der Waals surface area contributed by atoms with Crippen molar-refractivity contribution in [3.63, 3.8) is 0 Å². The number of thiazole rings is 1. The third-order valence-electron chi connectivity index (χ3n) is 6.41. The third-order valence-corrected chi connectivity index (χ3v) is 8.48. The first-order valence-corrected chi connectivity index (χ1v) is 12.6. The Morgan fingerprint density at radius 1 is 1.19 bits per heavy atom. The van der Waals surface area contributed by atoms with E-state index in [1.807, 2.05) is 23.5 Å². The van der Waals surface area contributed by atoms with Crippen LogP contribution in [0.5, 0.6) is 0 Å². The second-order valence-electron chi connectivity index (χ2n) is 8.61. The highest BCUT2D eigenvalue weighted by Gasteiger charge is 2.26. The summed E-state index contributed by atoms with van der Waals surface area (Å²) in [4.78, 5) is 21.8. The number of aryl methyl sites for hydroxylation is 1. The van der Waals surface area contributed by atoms with Crippen molar-refractivity contribution >= 4 is 38.7 Å². The summed E-state index contributed by atoms with van der Waals surface area (Å²) in [6.45, 7) is 7.25. The van der Waals surface area contributed by atoms with Crippen molar-refractivity contribution in [3.05, 3.63) is 46.2 Å². The van der Waals surface area contributed by atoms with Gasteiger partial charge in [-0.1, -0.05) is 6.92 Å². The molecule has 6 nitrogen and oxygen atoms in total. The standard InChI is InChI=1S/C23H25N5OS2/c1-15-4-5-17-19(11-15)31-23-20(17)21(24-14-25-23)28-8-6-27(7-9-28)12-16-13-30-22(26-16)18-3-2-10-29-18/h2-3,10,13-15H,4-9,11-12H2,1H3/t15-/m0/s1. The average Bonchev–Trinajstić information content (AvgIpc) is 3.53. The molecule has 6 rings (SSSR count). The van der Waals surface area contributed by atoms with Crippen molar-refractivity contribution < 1.29 is 4.42 Å². The van der Waals surface area contributed by atoms with Crippen LogP contribution in [0.15, 0.2) is 34.5 Å². The predicted molar refractivity (Wildman–Crippen MR) is 126 cm³/mol. The topological polar surface area (TPSA) is 58.3 Å². The van der Waals surface area contributed by atoms with Crippen LogP contribution < -0.4 is 4.90 Å². The monoisotopic (exact) mass is 451 g/mol. The Morgan fingerprint density at radius 3 is 2.94 bits per heavy atom. The van der Waals surface area contributed by atoms with Crippen LogP contribution in [0, 0.1) is 5.92 Å². The molecule has 0 amide bonds. The zero-order valence-electron chi connectivity index (χ0n) is 17.6. The smallest absolute Gasteiger partial charge is 0.162 e. The summed E-state index contributed by atoms with van der Waals surface area (Å²) < 4.78 is 5.48. The quantitative estimate of drug-likeness (QED) is 0.442. The fourth-order valence-corrected chi connectivity index (χ4v) is 6.86. The van der Waals surface area contributed by atoms with Gasteiger partial charge in [-0.15, -0.1) is 22.7 Å². The minimum Gasteiger partial charge on any atom is -0.462 e. The summed E-state index contributed by atoms with van der Waals surface area (Å²) in [7, 11) is 0. The van der Waals surface area contributed by atoms with E-state index in [1.54, 1.807) is 23.9 Å². The first-order chi connectivity index (χ1) is 15.2. The van der Waals surface area contributed by atoms with Crippen LogP contribution >= 0.6 is 22.7 Å². The fraction of sp³-hybridized carbons (Fsp3) is 0.435. The summed E-state index contributed by atoms with van der Waals surface area (Å²) in [6.07, 6.45) is 7.08. The fourth-order valence-electron chi connectivity index (χ4n) is 4.74. The van der Waals surface area contributed by atoms with E-state index in [4.69, 9.17) is 14.4 Å². The van der Waals surface area contributed by atoms with Gasteiger partial charge in [0.25, 0.3) is 0 Å². The van der Waals surface area contributed by atoms with Gasteiger partial charge >= 0.3 is 0 Å². The van der Waals surface area contributed by atoms with Gasteiger partial charge in [-0.25, -0.2) is 15.0 Å². The van der Waals surface area contributed by atoms with Gasteiger partial charge in [0.1, 0.15) is 17.0 Å². The Hall–Kier alpha value is -2.29. The van der Waals surface area contributed by atoms with E-state index in [0.29, 0.717) is 0 Å². The van der Waals surface area contributed by atoms with Crippen molar-refractivity contribution in [2.45, 2.75) is 32.7 Å². The van der Waals surface area contributed by atoms with E-state index < -0.39 is 0 Å². The molecule has 0 bridgehead atoms. The van der Waals surface area contributed by atoms with Gasteiger partial charge in [-0.2, -0.15) is 0 Å². The number of hydrogen-bond donors (Lipinski definition) is 0. The second kappa shape index (κ2) is 8.00. The van der Waals surface area contributed by atoms with E-state index in [9.17, 15) is 0 Å². The summed E-state index contributed by atoms with van der Waals surface area (Å²) in [6, 6.07) is 3.87. The molecular weight excluding hydrogens is 426 g/mol. The highest BCUT2D eigenvalue weighted by Crippen LogP contribution is 2.40. The molecule has 4 aromatic rings. The third kappa shape index (κ3) is 3.66. The van der Waals surface area contributed by atoms with Crippen LogP contribution in [-0.4, -0.2) is 46.0 Å². The molecule has 4 aromatic heterocycles. The second-order valence-corrected chi connectivity index (χ2v) is 10.6. The summed E-state index contributed by atoms with van der Waals surface area (Å²) in [5.41, 5.74) is 2.64. The molecule has 0 spiro atoms. The molecule has 1 fully saturated rings. The highest BCUT2D eigenvalue weighted by molar-refractivity contribution is 7.19. The van der Waals surface area contributed by atoms with Crippen molar-refractivity contribution in [1.82, 2.24) is 19.9 Å². The van der Waals surface area contributed by atoms with Gasteiger partial charge in [0.05, 0.1) is 17.3 Å². The van der Waals surface area contributed by atoms with Crippen molar-refractivity contribution in [2.75, 3.05) is 31.1 Å². The molecule has 0 radical (unpaired) electrons. The van der Waals surface area contributed by atoms with Gasteiger partial charge in [0.2, 0.25) is 0 Å². The molecule has 2 aliphatic rings. The number of anilines is 1. The minimum absolute atomic E-state index is 0.777. The number of fused-ring (bicyclic) bond motifs is 3. The first-order valence-electron chi connectivity index (χ1n) is 11.0. The maximum absolute atomic E-state index is 5.48. The Labute approximate surface area is 189 Å². The van der Waals surface area contributed by atoms with E-state index in [2.05, 4.69) is 27.1 Å². The lowest BCUT2D eigenvalue weighted by molar-refractivity contribution is 0.247. The lowest BCUT2D eigenvalue weighted by atomic mass is 9.89. The van der Waals surface area contributed by atoms with Gasteiger partial charge in [-0.3, -0.25) is 4.90 Å². The molecule has 0 saturated carbocycles. The number of nitrogens with zero attached hydrogens (tertiary/aromatic N) is 5. The summed E-state index contributed by atoms with van der Waals surface area (Å²) in [5, 5.41) is 4.43. The number of piperazine rings is 1. The maximum Gasteiger partial charge on any atom is 0.162 e. The molecule has 0 N–H and O–H groups in total. The number of hydrogen-bond acceptors (Lipinski definition) is 8. The highest BCUT2D eigenvalue weighted by atomic mass is 32.1. The van der Waals surface area contributed by atoms with Gasteiger partial charge in [0, 0.05) is 43.0 Å². The maximum atomic E-state index is 5.48. The van der Waals surface area contributed by atoms with E-state index in [0.717, 1.165) is 60.9 Å². The number of rotatable bonds is 4. The zero-order chi connectivity index (χ0) is 20.8. The van der Waals surface area contributed by atoms with E-state index in [1.165, 1.54) is 39.9 Å². The van der Waals surface area contributed by atoms with Crippen LogP contribution in [-0.2, 0) is 19.4 Å². The molecule has 1 aliphatic carbocycles. The van der Waals surface area contributed by atoms with Crippen molar-refractivity contribution in [2.24, 2.45) is 5.92 Å². The zero-order valence-corrected chi connectivity index (χ0v) is 19.2. The molecule has 5 heterocycles. The van der Waals surface area contributed by atoms with Gasteiger partial charge < -0.3 is 9.32 Å². The lowest BCUT2D eigenvalue weighted by Crippen LogP contribution is -2.46. The van der Waals surface area contributed by atoms with Gasteiger partial charge in [-0.05, 0) is 42.9 Å². The molecule has 31 heavy (non-hydrogen) atoms. The Kier molecular flexibility index (Phi) is 5.01. The molecular formula is C23H25N5OS2. The van der Waals surface area contributed by atoms with Crippen LogP contribution in [0.3, 0.4) is 0 Å². The number of thiophene rings is 1. The van der Waals surface area contributed by atoms with Crippen LogP contribution in [0.25, 0.3) is 21.0 Å². The lowest BCUT2D eigenvalue weighted by Gasteiger charge is -2.35. The van der Waals surface area contributed by atoms with E-state index >= 15 is 0 Å². The number of aromatic nitrogens is 3.